The van der Waals surface area contributed by atoms with E-state index in [1.807, 2.05) is 12.1 Å². The number of benzene rings is 2. The van der Waals surface area contributed by atoms with E-state index < -0.39 is 6.04 Å². The van der Waals surface area contributed by atoms with Gasteiger partial charge in [0.15, 0.2) is 0 Å². The third kappa shape index (κ3) is 3.69. The van der Waals surface area contributed by atoms with Gasteiger partial charge in [-0.3, -0.25) is 9.59 Å². The number of halogens is 1. The maximum absolute atomic E-state index is 13.2. The van der Waals surface area contributed by atoms with Gasteiger partial charge in [0.05, 0.1) is 0 Å². The Morgan fingerprint density at radius 1 is 1.16 bits per heavy atom. The topological polar surface area (TPSA) is 75.4 Å². The van der Waals surface area contributed by atoms with Gasteiger partial charge in [-0.25, -0.2) is 4.39 Å². The Bertz CT molecular complexity index is 759. The van der Waals surface area contributed by atoms with Gasteiger partial charge in [-0.1, -0.05) is 24.3 Å². The van der Waals surface area contributed by atoms with E-state index in [2.05, 4.69) is 5.32 Å². The Morgan fingerprint density at radius 3 is 2.48 bits per heavy atom. The van der Waals surface area contributed by atoms with Crippen molar-refractivity contribution < 1.29 is 14.0 Å². The highest BCUT2D eigenvalue weighted by Crippen LogP contribution is 2.25. The number of hydrogen-bond acceptors (Lipinski definition) is 3. The predicted molar refractivity (Wildman–Crippen MR) is 92.4 cm³/mol. The van der Waals surface area contributed by atoms with Crippen molar-refractivity contribution >= 4 is 11.8 Å². The molecule has 5 nitrogen and oxygen atoms in total. The van der Waals surface area contributed by atoms with Crippen LogP contribution in [0.1, 0.15) is 27.5 Å². The number of rotatable bonds is 4. The first kappa shape index (κ1) is 17.1. The minimum Gasteiger partial charge on any atom is -0.352 e. The summed E-state index contributed by atoms with van der Waals surface area (Å²) in [4.78, 5) is 26.8. The fourth-order valence-corrected chi connectivity index (χ4v) is 3.01. The van der Waals surface area contributed by atoms with Crippen molar-refractivity contribution in [1.29, 1.82) is 0 Å². The molecule has 1 unspecified atom stereocenters. The minimum absolute atomic E-state index is 0.219. The smallest absolute Gasteiger partial charge is 0.254 e. The quantitative estimate of drug-likeness (QED) is 0.888. The number of piperazine rings is 1. The summed E-state index contributed by atoms with van der Waals surface area (Å²) in [7, 11) is 0. The minimum atomic E-state index is -0.759. The maximum Gasteiger partial charge on any atom is 0.254 e. The van der Waals surface area contributed by atoms with E-state index in [-0.39, 0.29) is 17.6 Å². The SMILES string of the molecule is NCCc1ccc(C(=O)N2CCNC(=O)C2c2ccc(F)cc2)cc1. The molecule has 2 aromatic carbocycles. The molecule has 2 amide bonds. The number of nitrogens with two attached hydrogens (primary N) is 1. The zero-order valence-corrected chi connectivity index (χ0v) is 13.7. The molecule has 3 N–H and O–H groups in total. The van der Waals surface area contributed by atoms with Gasteiger partial charge in [-0.2, -0.15) is 0 Å². The first-order chi connectivity index (χ1) is 12.1. The number of carbonyl (C=O) groups is 2. The second-order valence-corrected chi connectivity index (χ2v) is 5.98. The lowest BCUT2D eigenvalue weighted by atomic mass is 10.0. The Balaban J connectivity index is 1.87. The van der Waals surface area contributed by atoms with Crippen molar-refractivity contribution in [3.05, 3.63) is 71.0 Å². The third-order valence-corrected chi connectivity index (χ3v) is 4.29. The molecule has 25 heavy (non-hydrogen) atoms. The lowest BCUT2D eigenvalue weighted by Crippen LogP contribution is -2.52. The highest BCUT2D eigenvalue weighted by atomic mass is 19.1. The molecule has 130 valence electrons. The van der Waals surface area contributed by atoms with Crippen LogP contribution < -0.4 is 11.1 Å². The first-order valence-electron chi connectivity index (χ1n) is 8.23. The highest BCUT2D eigenvalue weighted by molar-refractivity contribution is 5.98. The van der Waals surface area contributed by atoms with Crippen LogP contribution in [-0.4, -0.2) is 36.3 Å². The average molecular weight is 341 g/mol. The lowest BCUT2D eigenvalue weighted by Gasteiger charge is -2.35. The largest absolute Gasteiger partial charge is 0.352 e. The monoisotopic (exact) mass is 341 g/mol. The van der Waals surface area contributed by atoms with E-state index in [0.717, 1.165) is 12.0 Å². The van der Waals surface area contributed by atoms with Gasteiger partial charge < -0.3 is 16.0 Å². The van der Waals surface area contributed by atoms with Gasteiger partial charge in [-0.15, -0.1) is 0 Å². The fraction of sp³-hybridized carbons (Fsp3) is 0.263. The number of carbonyl (C=O) groups excluding carboxylic acids is 2. The highest BCUT2D eigenvalue weighted by Gasteiger charge is 2.34. The molecule has 0 aliphatic carbocycles. The fourth-order valence-electron chi connectivity index (χ4n) is 3.01. The van der Waals surface area contributed by atoms with Gasteiger partial charge >= 0.3 is 0 Å². The molecular weight excluding hydrogens is 321 g/mol. The van der Waals surface area contributed by atoms with Crippen LogP contribution in [0, 0.1) is 5.82 Å². The molecular formula is C19H20FN3O2. The number of nitrogens with one attached hydrogen (secondary N) is 1. The van der Waals surface area contributed by atoms with Gasteiger partial charge in [0.1, 0.15) is 11.9 Å². The molecule has 1 saturated heterocycles. The van der Waals surface area contributed by atoms with E-state index in [4.69, 9.17) is 5.73 Å². The van der Waals surface area contributed by atoms with Crippen LogP contribution in [0.5, 0.6) is 0 Å². The molecule has 2 aromatic rings. The standard InChI is InChI=1S/C19H20FN3O2/c20-16-7-5-14(6-8-16)17-18(24)22-11-12-23(17)19(25)15-3-1-13(2-4-15)9-10-21/h1-8,17H,9-12,21H2,(H,22,24). The average Bonchev–Trinajstić information content (AvgIpc) is 2.63. The maximum atomic E-state index is 13.2. The summed E-state index contributed by atoms with van der Waals surface area (Å²) in [6.07, 6.45) is 0.749. The van der Waals surface area contributed by atoms with Crippen LogP contribution in [0.25, 0.3) is 0 Å². The summed E-state index contributed by atoms with van der Waals surface area (Å²) in [6.45, 7) is 1.34. The molecule has 0 spiro atoms. The Kier molecular flexibility index (Phi) is 5.09. The van der Waals surface area contributed by atoms with E-state index >= 15 is 0 Å². The van der Waals surface area contributed by atoms with Crippen LogP contribution in [0.15, 0.2) is 48.5 Å². The molecule has 6 heteroatoms. The van der Waals surface area contributed by atoms with E-state index in [1.165, 1.54) is 29.2 Å². The summed E-state index contributed by atoms with van der Waals surface area (Å²) >= 11 is 0. The van der Waals surface area contributed by atoms with Crippen molar-refractivity contribution in [3.8, 4) is 0 Å². The van der Waals surface area contributed by atoms with Crippen LogP contribution in [0.4, 0.5) is 4.39 Å². The van der Waals surface area contributed by atoms with Crippen molar-refractivity contribution in [1.82, 2.24) is 10.2 Å². The number of nitrogens with zero attached hydrogens (tertiary/aromatic N) is 1. The third-order valence-electron chi connectivity index (χ3n) is 4.29. The molecule has 1 atom stereocenters. The first-order valence-corrected chi connectivity index (χ1v) is 8.23. The molecule has 0 saturated carbocycles. The van der Waals surface area contributed by atoms with Crippen molar-refractivity contribution in [3.63, 3.8) is 0 Å². The molecule has 0 radical (unpaired) electrons. The Labute approximate surface area is 145 Å². The van der Waals surface area contributed by atoms with Crippen LogP contribution in [0.2, 0.25) is 0 Å². The van der Waals surface area contributed by atoms with Crippen molar-refractivity contribution in [2.75, 3.05) is 19.6 Å². The summed E-state index contributed by atoms with van der Waals surface area (Å²) < 4.78 is 13.2. The summed E-state index contributed by atoms with van der Waals surface area (Å²) in [5.74, 6) is -0.859. The predicted octanol–water partition coefficient (Wildman–Crippen LogP) is 1.64. The van der Waals surface area contributed by atoms with E-state index in [1.54, 1.807) is 12.1 Å². The van der Waals surface area contributed by atoms with Crippen LogP contribution in [0.3, 0.4) is 0 Å². The molecule has 1 fully saturated rings. The van der Waals surface area contributed by atoms with Gasteiger partial charge in [0, 0.05) is 18.7 Å². The molecule has 1 aliphatic rings. The number of amides is 2. The summed E-state index contributed by atoms with van der Waals surface area (Å²) in [5, 5.41) is 2.77. The molecule has 3 rings (SSSR count). The zero-order chi connectivity index (χ0) is 17.8. The lowest BCUT2D eigenvalue weighted by molar-refractivity contribution is -0.128. The number of hydrogen-bond donors (Lipinski definition) is 2. The van der Waals surface area contributed by atoms with Gasteiger partial charge in [-0.05, 0) is 48.4 Å². The molecule has 0 bridgehead atoms. The zero-order valence-electron chi connectivity index (χ0n) is 13.7. The second kappa shape index (κ2) is 7.44. The normalized spacial score (nSPS) is 17.3. The van der Waals surface area contributed by atoms with Gasteiger partial charge in [0.2, 0.25) is 5.91 Å². The molecule has 1 aliphatic heterocycles. The van der Waals surface area contributed by atoms with Crippen LogP contribution in [-0.2, 0) is 11.2 Å². The van der Waals surface area contributed by atoms with Crippen molar-refractivity contribution in [2.45, 2.75) is 12.5 Å². The van der Waals surface area contributed by atoms with E-state index in [0.29, 0.717) is 30.8 Å². The van der Waals surface area contributed by atoms with Gasteiger partial charge in [0.25, 0.3) is 5.91 Å². The van der Waals surface area contributed by atoms with Crippen LogP contribution >= 0.6 is 0 Å². The molecule has 1 heterocycles. The summed E-state index contributed by atoms with van der Waals surface area (Å²) in [6, 6.07) is 12.1. The second-order valence-electron chi connectivity index (χ2n) is 5.98. The molecule has 0 aromatic heterocycles. The summed E-state index contributed by atoms with van der Waals surface area (Å²) in [5.41, 5.74) is 7.70. The van der Waals surface area contributed by atoms with Crippen molar-refractivity contribution in [2.24, 2.45) is 5.73 Å². The Hall–Kier alpha value is -2.73. The van der Waals surface area contributed by atoms with E-state index in [9.17, 15) is 14.0 Å². The Morgan fingerprint density at radius 2 is 1.84 bits per heavy atom.